The van der Waals surface area contributed by atoms with Gasteiger partial charge in [0.15, 0.2) is 0 Å². The molecule has 116 valence electrons. The normalized spacial score (nSPS) is 24.8. The Morgan fingerprint density at radius 2 is 2.05 bits per heavy atom. The topological polar surface area (TPSA) is 56.1 Å². The molecule has 1 aliphatic heterocycles. The summed E-state index contributed by atoms with van der Waals surface area (Å²) in [6, 6.07) is 10.3. The molecule has 4 nitrogen and oxygen atoms in total. The standard InChI is InChI=1S/C18H23N3O/c1-13-12-21(18(22)16-6-7-16)9-8-17(13)20-11-15-4-2-14(10-19)3-5-15/h2-5,13,16-17,20H,6-9,11-12H2,1H3/t13-,17+/m0/s1. The van der Waals surface area contributed by atoms with Gasteiger partial charge in [0.05, 0.1) is 11.6 Å². The van der Waals surface area contributed by atoms with Crippen molar-refractivity contribution in [1.29, 1.82) is 5.26 Å². The molecule has 2 aliphatic rings. The fourth-order valence-corrected chi connectivity index (χ4v) is 3.18. The fourth-order valence-electron chi connectivity index (χ4n) is 3.18. The van der Waals surface area contributed by atoms with Crippen molar-refractivity contribution in [3.05, 3.63) is 35.4 Å². The summed E-state index contributed by atoms with van der Waals surface area (Å²) in [4.78, 5) is 14.2. The van der Waals surface area contributed by atoms with Gasteiger partial charge in [0.1, 0.15) is 0 Å². The first kappa shape index (κ1) is 15.1. The SMILES string of the molecule is C[C@H]1CN(C(=O)C2CC2)CC[C@H]1NCc1ccc(C#N)cc1. The molecule has 0 spiro atoms. The molecule has 0 aromatic heterocycles. The predicted molar refractivity (Wildman–Crippen MR) is 84.9 cm³/mol. The number of amides is 1. The zero-order chi connectivity index (χ0) is 15.5. The molecule has 1 aromatic rings. The van der Waals surface area contributed by atoms with Crippen molar-refractivity contribution < 1.29 is 4.79 Å². The van der Waals surface area contributed by atoms with Crippen molar-refractivity contribution in [1.82, 2.24) is 10.2 Å². The summed E-state index contributed by atoms with van der Waals surface area (Å²) in [6.07, 6.45) is 3.20. The monoisotopic (exact) mass is 297 g/mol. The van der Waals surface area contributed by atoms with Gasteiger partial charge in [0.2, 0.25) is 5.91 Å². The van der Waals surface area contributed by atoms with Gasteiger partial charge in [-0.05, 0) is 42.9 Å². The Hall–Kier alpha value is -1.86. The van der Waals surface area contributed by atoms with Crippen LogP contribution in [0, 0.1) is 23.2 Å². The molecule has 1 heterocycles. The van der Waals surface area contributed by atoms with E-state index in [2.05, 4.69) is 23.2 Å². The van der Waals surface area contributed by atoms with E-state index in [1.54, 1.807) is 0 Å². The maximum absolute atomic E-state index is 12.1. The van der Waals surface area contributed by atoms with Crippen LogP contribution in [0.15, 0.2) is 24.3 Å². The van der Waals surface area contributed by atoms with Gasteiger partial charge in [0, 0.05) is 31.6 Å². The minimum absolute atomic E-state index is 0.329. The molecule has 1 N–H and O–H groups in total. The van der Waals surface area contributed by atoms with E-state index in [0.717, 1.165) is 38.9 Å². The van der Waals surface area contributed by atoms with Crippen LogP contribution >= 0.6 is 0 Å². The summed E-state index contributed by atoms with van der Waals surface area (Å²) in [6.45, 7) is 4.80. The Morgan fingerprint density at radius 1 is 1.32 bits per heavy atom. The summed E-state index contributed by atoms with van der Waals surface area (Å²) >= 11 is 0. The molecule has 0 bridgehead atoms. The van der Waals surface area contributed by atoms with Crippen LogP contribution in [-0.2, 0) is 11.3 Å². The number of hydrogen-bond acceptors (Lipinski definition) is 3. The van der Waals surface area contributed by atoms with E-state index in [0.29, 0.717) is 29.3 Å². The highest BCUT2D eigenvalue weighted by atomic mass is 16.2. The second-order valence-corrected chi connectivity index (χ2v) is 6.62. The van der Waals surface area contributed by atoms with Gasteiger partial charge >= 0.3 is 0 Å². The van der Waals surface area contributed by atoms with Gasteiger partial charge in [-0.3, -0.25) is 4.79 Å². The highest BCUT2D eigenvalue weighted by Gasteiger charge is 2.36. The van der Waals surface area contributed by atoms with E-state index in [4.69, 9.17) is 5.26 Å². The Morgan fingerprint density at radius 3 is 2.64 bits per heavy atom. The number of likely N-dealkylation sites (tertiary alicyclic amines) is 1. The smallest absolute Gasteiger partial charge is 0.225 e. The summed E-state index contributed by atoms with van der Waals surface area (Å²) < 4.78 is 0. The quantitative estimate of drug-likeness (QED) is 0.927. The molecule has 1 saturated heterocycles. The lowest BCUT2D eigenvalue weighted by atomic mass is 9.93. The van der Waals surface area contributed by atoms with Crippen molar-refractivity contribution in [3.63, 3.8) is 0 Å². The minimum atomic E-state index is 0.329. The third-order valence-corrected chi connectivity index (χ3v) is 4.79. The molecule has 0 radical (unpaired) electrons. The first-order chi connectivity index (χ1) is 10.7. The van der Waals surface area contributed by atoms with E-state index in [-0.39, 0.29) is 0 Å². The van der Waals surface area contributed by atoms with Gasteiger partial charge in [-0.2, -0.15) is 5.26 Å². The largest absolute Gasteiger partial charge is 0.342 e. The number of carbonyl (C=O) groups excluding carboxylic acids is 1. The molecule has 1 aliphatic carbocycles. The Bertz CT molecular complexity index is 571. The predicted octanol–water partition coefficient (Wildman–Crippen LogP) is 2.29. The molecular weight excluding hydrogens is 274 g/mol. The number of nitrogens with one attached hydrogen (secondary N) is 1. The molecule has 4 heteroatoms. The van der Waals surface area contributed by atoms with E-state index >= 15 is 0 Å². The molecule has 3 rings (SSSR count). The Kier molecular flexibility index (Phi) is 4.44. The number of nitriles is 1. The number of carbonyl (C=O) groups is 1. The van der Waals surface area contributed by atoms with E-state index in [1.165, 1.54) is 5.56 Å². The van der Waals surface area contributed by atoms with Crippen LogP contribution in [0.2, 0.25) is 0 Å². The van der Waals surface area contributed by atoms with E-state index in [1.807, 2.05) is 24.3 Å². The molecule has 1 amide bonds. The van der Waals surface area contributed by atoms with Crippen LogP contribution < -0.4 is 5.32 Å². The lowest BCUT2D eigenvalue weighted by molar-refractivity contribution is -0.134. The maximum atomic E-state index is 12.1. The average Bonchev–Trinajstić information content (AvgIpc) is 3.38. The first-order valence-electron chi connectivity index (χ1n) is 8.18. The zero-order valence-corrected chi connectivity index (χ0v) is 13.1. The molecule has 2 fully saturated rings. The zero-order valence-electron chi connectivity index (χ0n) is 13.1. The van der Waals surface area contributed by atoms with Gasteiger partial charge in [-0.1, -0.05) is 19.1 Å². The summed E-state index contributed by atoms with van der Waals surface area (Å²) in [5.41, 5.74) is 1.90. The summed E-state index contributed by atoms with van der Waals surface area (Å²) in [7, 11) is 0. The van der Waals surface area contributed by atoms with Crippen molar-refractivity contribution in [3.8, 4) is 6.07 Å². The average molecular weight is 297 g/mol. The van der Waals surface area contributed by atoms with Crippen molar-refractivity contribution >= 4 is 5.91 Å². The highest BCUT2D eigenvalue weighted by Crippen LogP contribution is 2.32. The molecule has 1 aromatic carbocycles. The van der Waals surface area contributed by atoms with Gasteiger partial charge in [-0.15, -0.1) is 0 Å². The number of nitrogens with zero attached hydrogens (tertiary/aromatic N) is 2. The van der Waals surface area contributed by atoms with E-state index in [9.17, 15) is 4.79 Å². The third-order valence-electron chi connectivity index (χ3n) is 4.79. The number of benzene rings is 1. The lowest BCUT2D eigenvalue weighted by Crippen LogP contribution is -2.50. The first-order valence-corrected chi connectivity index (χ1v) is 8.18. The van der Waals surface area contributed by atoms with Crippen LogP contribution in [-0.4, -0.2) is 29.9 Å². The fraction of sp³-hybridized carbons (Fsp3) is 0.556. The number of hydrogen-bond donors (Lipinski definition) is 1. The summed E-state index contributed by atoms with van der Waals surface area (Å²) in [5, 5.41) is 12.4. The second kappa shape index (κ2) is 6.50. The number of piperidine rings is 1. The van der Waals surface area contributed by atoms with Crippen molar-refractivity contribution in [2.45, 2.75) is 38.8 Å². The van der Waals surface area contributed by atoms with Crippen LogP contribution in [0.4, 0.5) is 0 Å². The van der Waals surface area contributed by atoms with Crippen LogP contribution in [0.25, 0.3) is 0 Å². The lowest BCUT2D eigenvalue weighted by Gasteiger charge is -2.37. The van der Waals surface area contributed by atoms with Crippen molar-refractivity contribution in [2.24, 2.45) is 11.8 Å². The van der Waals surface area contributed by atoms with Gasteiger partial charge in [0.25, 0.3) is 0 Å². The maximum Gasteiger partial charge on any atom is 0.225 e. The Balaban J connectivity index is 1.49. The Labute approximate surface area is 132 Å². The van der Waals surface area contributed by atoms with Crippen LogP contribution in [0.5, 0.6) is 0 Å². The molecule has 22 heavy (non-hydrogen) atoms. The molecular formula is C18H23N3O. The highest BCUT2D eigenvalue weighted by molar-refractivity contribution is 5.81. The van der Waals surface area contributed by atoms with Crippen LogP contribution in [0.3, 0.4) is 0 Å². The minimum Gasteiger partial charge on any atom is -0.342 e. The van der Waals surface area contributed by atoms with E-state index < -0.39 is 0 Å². The van der Waals surface area contributed by atoms with Gasteiger partial charge < -0.3 is 10.2 Å². The van der Waals surface area contributed by atoms with Gasteiger partial charge in [-0.25, -0.2) is 0 Å². The molecule has 2 atom stereocenters. The van der Waals surface area contributed by atoms with Crippen molar-refractivity contribution in [2.75, 3.05) is 13.1 Å². The third kappa shape index (κ3) is 3.48. The molecule has 1 saturated carbocycles. The second-order valence-electron chi connectivity index (χ2n) is 6.62. The summed E-state index contributed by atoms with van der Waals surface area (Å²) in [5.74, 6) is 1.18. The molecule has 0 unspecified atom stereocenters. The number of rotatable bonds is 4. The van der Waals surface area contributed by atoms with Crippen LogP contribution in [0.1, 0.15) is 37.3 Å².